The minimum atomic E-state index is -3.41. The van der Waals surface area contributed by atoms with Crippen molar-refractivity contribution in [3.8, 4) is 0 Å². The minimum Gasteiger partial charge on any atom is -0.480 e. The SMILES string of the molecule is CCS(=O)(=O)c1ccccc1N(CCOC)CC(=O)O. The summed E-state index contributed by atoms with van der Waals surface area (Å²) < 4.78 is 29.1. The molecule has 0 atom stereocenters. The van der Waals surface area contributed by atoms with E-state index >= 15 is 0 Å². The molecule has 6 nitrogen and oxygen atoms in total. The maximum absolute atomic E-state index is 12.1. The summed E-state index contributed by atoms with van der Waals surface area (Å²) in [7, 11) is -1.90. The highest BCUT2D eigenvalue weighted by Gasteiger charge is 2.21. The van der Waals surface area contributed by atoms with Gasteiger partial charge in [0.15, 0.2) is 9.84 Å². The Morgan fingerprint density at radius 1 is 1.35 bits per heavy atom. The highest BCUT2D eigenvalue weighted by molar-refractivity contribution is 7.91. The van der Waals surface area contributed by atoms with Crippen molar-refractivity contribution in [1.82, 2.24) is 0 Å². The summed E-state index contributed by atoms with van der Waals surface area (Å²) in [6.07, 6.45) is 0. The van der Waals surface area contributed by atoms with Crippen LogP contribution >= 0.6 is 0 Å². The molecule has 0 aromatic heterocycles. The number of hydrogen-bond acceptors (Lipinski definition) is 5. The molecular formula is C13H19NO5S. The molecule has 0 spiro atoms. The van der Waals surface area contributed by atoms with Gasteiger partial charge in [-0.2, -0.15) is 0 Å². The van der Waals surface area contributed by atoms with Gasteiger partial charge in [0.05, 0.1) is 22.9 Å². The largest absolute Gasteiger partial charge is 0.480 e. The van der Waals surface area contributed by atoms with E-state index in [2.05, 4.69) is 0 Å². The first-order chi connectivity index (χ1) is 9.42. The molecule has 1 aromatic rings. The Kier molecular flexibility index (Phi) is 5.97. The minimum absolute atomic E-state index is 0.0325. The maximum atomic E-state index is 12.1. The number of aliphatic carboxylic acids is 1. The average molecular weight is 301 g/mol. The van der Waals surface area contributed by atoms with Crippen LogP contribution in [0.3, 0.4) is 0 Å². The first-order valence-corrected chi connectivity index (χ1v) is 7.85. The van der Waals surface area contributed by atoms with Crippen molar-refractivity contribution in [3.63, 3.8) is 0 Å². The molecule has 1 rings (SSSR count). The van der Waals surface area contributed by atoms with Crippen molar-refractivity contribution in [2.75, 3.05) is 37.5 Å². The Morgan fingerprint density at radius 3 is 2.55 bits per heavy atom. The van der Waals surface area contributed by atoms with Gasteiger partial charge in [-0.25, -0.2) is 8.42 Å². The third-order valence-corrected chi connectivity index (χ3v) is 4.59. The van der Waals surface area contributed by atoms with E-state index < -0.39 is 15.8 Å². The number of ether oxygens (including phenoxy) is 1. The van der Waals surface area contributed by atoms with E-state index in [0.717, 1.165) is 0 Å². The second-order valence-electron chi connectivity index (χ2n) is 4.18. The fraction of sp³-hybridized carbons (Fsp3) is 0.462. The van der Waals surface area contributed by atoms with E-state index in [1.165, 1.54) is 18.1 Å². The van der Waals surface area contributed by atoms with Crippen molar-refractivity contribution in [2.24, 2.45) is 0 Å². The predicted molar refractivity (Wildman–Crippen MR) is 75.9 cm³/mol. The highest BCUT2D eigenvalue weighted by atomic mass is 32.2. The Morgan fingerprint density at radius 2 is 2.00 bits per heavy atom. The van der Waals surface area contributed by atoms with Crippen molar-refractivity contribution in [3.05, 3.63) is 24.3 Å². The number of methoxy groups -OCH3 is 1. The van der Waals surface area contributed by atoms with Crippen LogP contribution in [0, 0.1) is 0 Å². The van der Waals surface area contributed by atoms with Crippen LogP contribution < -0.4 is 4.90 Å². The van der Waals surface area contributed by atoms with Gasteiger partial charge in [-0.05, 0) is 12.1 Å². The normalized spacial score (nSPS) is 11.3. The molecule has 1 aromatic carbocycles. The van der Waals surface area contributed by atoms with Gasteiger partial charge in [0, 0.05) is 13.7 Å². The van der Waals surface area contributed by atoms with Crippen LogP contribution in [0.2, 0.25) is 0 Å². The molecule has 0 aliphatic rings. The molecule has 0 radical (unpaired) electrons. The molecule has 112 valence electrons. The molecule has 0 heterocycles. The Hall–Kier alpha value is -1.60. The van der Waals surface area contributed by atoms with E-state index in [4.69, 9.17) is 9.84 Å². The summed E-state index contributed by atoms with van der Waals surface area (Å²) in [4.78, 5) is 12.6. The summed E-state index contributed by atoms with van der Waals surface area (Å²) >= 11 is 0. The van der Waals surface area contributed by atoms with E-state index in [1.54, 1.807) is 25.1 Å². The summed E-state index contributed by atoms with van der Waals surface area (Å²) in [5.41, 5.74) is 0.397. The molecule has 0 bridgehead atoms. The molecular weight excluding hydrogens is 282 g/mol. The van der Waals surface area contributed by atoms with Crippen LogP contribution in [0.4, 0.5) is 5.69 Å². The van der Waals surface area contributed by atoms with Crippen LogP contribution in [0.1, 0.15) is 6.92 Å². The van der Waals surface area contributed by atoms with Crippen molar-refractivity contribution >= 4 is 21.5 Å². The molecule has 20 heavy (non-hydrogen) atoms. The lowest BCUT2D eigenvalue weighted by Gasteiger charge is -2.24. The number of carboxylic acids is 1. The lowest BCUT2D eigenvalue weighted by atomic mass is 10.3. The van der Waals surface area contributed by atoms with E-state index in [9.17, 15) is 13.2 Å². The molecule has 1 N–H and O–H groups in total. The first kappa shape index (κ1) is 16.5. The molecule has 0 aliphatic heterocycles. The van der Waals surface area contributed by atoms with E-state index in [0.29, 0.717) is 18.8 Å². The van der Waals surface area contributed by atoms with Gasteiger partial charge >= 0.3 is 5.97 Å². The van der Waals surface area contributed by atoms with Crippen molar-refractivity contribution in [2.45, 2.75) is 11.8 Å². The summed E-state index contributed by atoms with van der Waals surface area (Å²) in [6.45, 7) is 1.90. The zero-order valence-electron chi connectivity index (χ0n) is 11.6. The standard InChI is InChI=1S/C13H19NO5S/c1-3-20(17,18)12-7-5-4-6-11(12)14(8-9-19-2)10-13(15)16/h4-7H,3,8-10H2,1-2H3,(H,15,16). The fourth-order valence-corrected chi connectivity index (χ4v) is 2.90. The number of rotatable bonds is 8. The smallest absolute Gasteiger partial charge is 0.323 e. The quantitative estimate of drug-likeness (QED) is 0.771. The predicted octanol–water partition coefficient (Wildman–Crippen LogP) is 1.02. The third kappa shape index (κ3) is 4.21. The number of nitrogens with zero attached hydrogens (tertiary/aromatic N) is 1. The lowest BCUT2D eigenvalue weighted by molar-refractivity contribution is -0.135. The summed E-state index contributed by atoms with van der Waals surface area (Å²) in [5.74, 6) is -1.06. The van der Waals surface area contributed by atoms with Gasteiger partial charge in [0.2, 0.25) is 0 Å². The topological polar surface area (TPSA) is 83.9 Å². The zero-order valence-corrected chi connectivity index (χ0v) is 12.4. The first-order valence-electron chi connectivity index (χ1n) is 6.19. The molecule has 7 heteroatoms. The molecule has 0 saturated heterocycles. The van der Waals surface area contributed by atoms with Crippen LogP contribution in [-0.4, -0.2) is 52.1 Å². The number of para-hydroxylation sites is 1. The van der Waals surface area contributed by atoms with Crippen LogP contribution in [0.15, 0.2) is 29.2 Å². The second-order valence-corrected chi connectivity index (χ2v) is 6.43. The zero-order chi connectivity index (χ0) is 15.2. The van der Waals surface area contributed by atoms with Gasteiger partial charge in [0.1, 0.15) is 6.54 Å². The maximum Gasteiger partial charge on any atom is 0.323 e. The van der Waals surface area contributed by atoms with Crippen LogP contribution in [0.5, 0.6) is 0 Å². The average Bonchev–Trinajstić information content (AvgIpc) is 2.43. The van der Waals surface area contributed by atoms with E-state index in [1.807, 2.05) is 0 Å². The van der Waals surface area contributed by atoms with Gasteiger partial charge in [-0.1, -0.05) is 19.1 Å². The van der Waals surface area contributed by atoms with Crippen molar-refractivity contribution < 1.29 is 23.1 Å². The number of carbonyl (C=O) groups is 1. The third-order valence-electron chi connectivity index (χ3n) is 2.81. The molecule has 0 amide bonds. The Labute approximate surface area is 118 Å². The van der Waals surface area contributed by atoms with Crippen LogP contribution in [0.25, 0.3) is 0 Å². The Bertz CT molecular complexity index is 556. The number of benzene rings is 1. The molecule has 0 saturated carbocycles. The lowest BCUT2D eigenvalue weighted by Crippen LogP contribution is -2.33. The fourth-order valence-electron chi connectivity index (χ4n) is 1.79. The van der Waals surface area contributed by atoms with Gasteiger partial charge in [-0.15, -0.1) is 0 Å². The number of hydrogen-bond donors (Lipinski definition) is 1. The number of anilines is 1. The van der Waals surface area contributed by atoms with Crippen LogP contribution in [-0.2, 0) is 19.4 Å². The van der Waals surface area contributed by atoms with Gasteiger partial charge in [-0.3, -0.25) is 4.79 Å². The monoisotopic (exact) mass is 301 g/mol. The molecule has 0 fully saturated rings. The highest BCUT2D eigenvalue weighted by Crippen LogP contribution is 2.25. The number of carboxylic acid groups (broad SMARTS) is 1. The van der Waals surface area contributed by atoms with Gasteiger partial charge in [0.25, 0.3) is 0 Å². The van der Waals surface area contributed by atoms with E-state index in [-0.39, 0.29) is 17.2 Å². The Balaban J connectivity index is 3.22. The van der Waals surface area contributed by atoms with Gasteiger partial charge < -0.3 is 14.7 Å². The molecule has 0 aliphatic carbocycles. The number of sulfone groups is 1. The summed E-state index contributed by atoms with van der Waals surface area (Å²) in [6, 6.07) is 6.42. The van der Waals surface area contributed by atoms with Crippen molar-refractivity contribution in [1.29, 1.82) is 0 Å². The second kappa shape index (κ2) is 7.25. The summed E-state index contributed by atoms with van der Waals surface area (Å²) in [5, 5.41) is 8.96. The molecule has 0 unspecified atom stereocenters.